The van der Waals surface area contributed by atoms with E-state index >= 15 is 0 Å². The number of hydrogen-bond acceptors (Lipinski definition) is 5. The summed E-state index contributed by atoms with van der Waals surface area (Å²) in [5.41, 5.74) is 0.228. The molecule has 1 unspecified atom stereocenters. The molecule has 1 saturated heterocycles. The predicted octanol–water partition coefficient (Wildman–Crippen LogP) is 7.11. The summed E-state index contributed by atoms with van der Waals surface area (Å²) in [5.74, 6) is -0.569. The summed E-state index contributed by atoms with van der Waals surface area (Å²) in [6, 6.07) is 2.38. The van der Waals surface area contributed by atoms with Crippen LogP contribution in [0.2, 0.25) is 0 Å². The topological polar surface area (TPSA) is 81.0 Å². The summed E-state index contributed by atoms with van der Waals surface area (Å²) in [6.45, 7) is 5.66. The fraction of sp³-hybridized carbons (Fsp3) is 0.759. The Balaban J connectivity index is 1.74. The molecule has 1 heterocycles. The lowest BCUT2D eigenvalue weighted by Crippen LogP contribution is -2.23. The maximum atomic E-state index is 13.1. The van der Waals surface area contributed by atoms with E-state index in [0.717, 1.165) is 32.2 Å². The van der Waals surface area contributed by atoms with Crippen LogP contribution in [0.3, 0.4) is 0 Å². The molecule has 194 valence electrons. The van der Waals surface area contributed by atoms with Gasteiger partial charge in [0.05, 0.1) is 0 Å². The Labute approximate surface area is 207 Å². The number of unbranched alkanes of at least 4 members (excludes halogenated alkanes) is 10. The van der Waals surface area contributed by atoms with E-state index in [1.54, 1.807) is 0 Å². The lowest BCUT2D eigenvalue weighted by molar-refractivity contribution is -0.122. The van der Waals surface area contributed by atoms with E-state index < -0.39 is 0 Å². The molecule has 1 fully saturated rings. The number of phenolic OH excluding ortho intramolecular Hbond substituents is 3. The van der Waals surface area contributed by atoms with Crippen molar-refractivity contribution in [2.45, 2.75) is 116 Å². The van der Waals surface area contributed by atoms with Gasteiger partial charge < -0.3 is 20.2 Å². The molecule has 0 amide bonds. The molecule has 0 bridgehead atoms. The van der Waals surface area contributed by atoms with E-state index in [1.807, 2.05) is 0 Å². The molecule has 2 rings (SSSR count). The summed E-state index contributed by atoms with van der Waals surface area (Å²) < 4.78 is 0. The van der Waals surface area contributed by atoms with Crippen molar-refractivity contribution in [2.24, 2.45) is 5.92 Å². The largest absolute Gasteiger partial charge is 0.508 e. The number of hydrogen-bond donors (Lipinski definition) is 3. The van der Waals surface area contributed by atoms with Crippen LogP contribution < -0.4 is 0 Å². The summed E-state index contributed by atoms with van der Waals surface area (Å²) in [5, 5.41) is 29.8. The number of carbonyl (C=O) groups excluding carboxylic acids is 1. The summed E-state index contributed by atoms with van der Waals surface area (Å²) in [7, 11) is 0. The van der Waals surface area contributed by atoms with Gasteiger partial charge in [0, 0.05) is 30.0 Å². The van der Waals surface area contributed by atoms with Crippen molar-refractivity contribution in [3.63, 3.8) is 0 Å². The van der Waals surface area contributed by atoms with Crippen LogP contribution in [0.1, 0.15) is 115 Å². The molecule has 0 radical (unpaired) electrons. The van der Waals surface area contributed by atoms with Gasteiger partial charge in [-0.05, 0) is 51.7 Å². The first-order chi connectivity index (χ1) is 16.5. The average molecular weight is 476 g/mol. The number of carbonyl (C=O) groups is 1. The van der Waals surface area contributed by atoms with Gasteiger partial charge in [-0.25, -0.2) is 0 Å². The van der Waals surface area contributed by atoms with E-state index in [2.05, 4.69) is 11.8 Å². The van der Waals surface area contributed by atoms with E-state index in [-0.39, 0.29) is 40.9 Å². The van der Waals surface area contributed by atoms with Gasteiger partial charge in [0.1, 0.15) is 23.0 Å². The van der Waals surface area contributed by atoms with Crippen LogP contribution in [0.25, 0.3) is 0 Å². The lowest BCUT2D eigenvalue weighted by atomic mass is 9.88. The fourth-order valence-corrected chi connectivity index (χ4v) is 5.22. The molecule has 0 spiro atoms. The molecule has 1 aromatic carbocycles. The molecule has 3 N–H and O–H groups in total. The van der Waals surface area contributed by atoms with Crippen molar-refractivity contribution in [3.05, 3.63) is 17.7 Å². The van der Waals surface area contributed by atoms with Gasteiger partial charge in [-0.15, -0.1) is 0 Å². The smallest absolute Gasteiger partial charge is 0.140 e. The molecule has 5 nitrogen and oxygen atoms in total. The van der Waals surface area contributed by atoms with Crippen molar-refractivity contribution in [1.82, 2.24) is 4.90 Å². The van der Waals surface area contributed by atoms with Crippen LogP contribution in [0.4, 0.5) is 0 Å². The number of phenols is 3. The van der Waals surface area contributed by atoms with Crippen molar-refractivity contribution >= 4 is 5.78 Å². The quantitative estimate of drug-likeness (QED) is 0.186. The second-order valence-corrected chi connectivity index (χ2v) is 10.3. The van der Waals surface area contributed by atoms with Crippen LogP contribution in [-0.4, -0.2) is 45.6 Å². The molecule has 1 aromatic rings. The maximum absolute atomic E-state index is 13.1. The zero-order valence-electron chi connectivity index (χ0n) is 21.6. The molecule has 0 aliphatic carbocycles. The van der Waals surface area contributed by atoms with E-state index in [9.17, 15) is 20.1 Å². The van der Waals surface area contributed by atoms with Crippen LogP contribution in [0, 0.1) is 5.92 Å². The Morgan fingerprint density at radius 2 is 1.29 bits per heavy atom. The third-order valence-corrected chi connectivity index (χ3v) is 7.38. The molecule has 1 aliphatic heterocycles. The van der Waals surface area contributed by atoms with Crippen molar-refractivity contribution in [3.8, 4) is 17.2 Å². The summed E-state index contributed by atoms with van der Waals surface area (Å²) in [6.07, 6.45) is 19.6. The molecule has 5 heteroatoms. The maximum Gasteiger partial charge on any atom is 0.140 e. The summed E-state index contributed by atoms with van der Waals surface area (Å²) >= 11 is 0. The van der Waals surface area contributed by atoms with Crippen molar-refractivity contribution < 1.29 is 20.1 Å². The first kappa shape index (κ1) is 28.5. The molecular formula is C29H49NO4. The third-order valence-electron chi connectivity index (χ3n) is 7.38. The average Bonchev–Trinajstić information content (AvgIpc) is 3.32. The highest BCUT2D eigenvalue weighted by Crippen LogP contribution is 2.33. The molecule has 1 atom stereocenters. The van der Waals surface area contributed by atoms with Gasteiger partial charge in [0.2, 0.25) is 0 Å². The zero-order chi connectivity index (χ0) is 24.6. The lowest BCUT2D eigenvalue weighted by Gasteiger charge is -2.19. The minimum absolute atomic E-state index is 0.0182. The zero-order valence-corrected chi connectivity index (χ0v) is 21.6. The minimum atomic E-state index is -0.212. The Morgan fingerprint density at radius 1 is 0.794 bits per heavy atom. The molecule has 0 saturated carbocycles. The van der Waals surface area contributed by atoms with Gasteiger partial charge in [-0.1, -0.05) is 77.6 Å². The van der Waals surface area contributed by atoms with E-state index in [0.29, 0.717) is 0 Å². The van der Waals surface area contributed by atoms with Crippen molar-refractivity contribution in [2.75, 3.05) is 19.6 Å². The third kappa shape index (κ3) is 11.1. The van der Waals surface area contributed by atoms with Gasteiger partial charge in [0.25, 0.3) is 0 Å². The van der Waals surface area contributed by atoms with Gasteiger partial charge in [-0.2, -0.15) is 0 Å². The highest BCUT2D eigenvalue weighted by atomic mass is 16.3. The van der Waals surface area contributed by atoms with Crippen molar-refractivity contribution in [1.29, 1.82) is 0 Å². The number of Topliss-reactive ketones (excluding diaryl/α,β-unsaturated/α-hetero) is 1. The molecule has 1 aliphatic rings. The second-order valence-electron chi connectivity index (χ2n) is 10.3. The Hall–Kier alpha value is -1.75. The number of likely N-dealkylation sites (tertiary alicyclic amines) is 1. The second kappa shape index (κ2) is 16.8. The van der Waals surface area contributed by atoms with Crippen LogP contribution in [0.15, 0.2) is 12.1 Å². The predicted molar refractivity (Wildman–Crippen MR) is 140 cm³/mol. The first-order valence-corrected chi connectivity index (χ1v) is 14.0. The van der Waals surface area contributed by atoms with Gasteiger partial charge >= 0.3 is 0 Å². The number of benzene rings is 1. The van der Waals surface area contributed by atoms with Gasteiger partial charge in [-0.3, -0.25) is 4.79 Å². The monoisotopic (exact) mass is 475 g/mol. The fourth-order valence-electron chi connectivity index (χ4n) is 5.22. The normalized spacial score (nSPS) is 15.1. The minimum Gasteiger partial charge on any atom is -0.508 e. The SMILES string of the molecule is CCCCCCCCCCCCCC(CCCN1CCCC1)C(=O)Cc1c(O)cc(O)cc1O. The Kier molecular flexibility index (Phi) is 14.1. The van der Waals surface area contributed by atoms with Crippen LogP contribution in [-0.2, 0) is 11.2 Å². The van der Waals surface area contributed by atoms with Gasteiger partial charge in [0.15, 0.2) is 0 Å². The number of aromatic hydroxyl groups is 3. The van der Waals surface area contributed by atoms with E-state index in [1.165, 1.54) is 102 Å². The van der Waals surface area contributed by atoms with Crippen LogP contribution in [0.5, 0.6) is 17.2 Å². The highest BCUT2D eigenvalue weighted by Gasteiger charge is 2.22. The first-order valence-electron chi connectivity index (χ1n) is 14.0. The molecule has 34 heavy (non-hydrogen) atoms. The number of ketones is 1. The van der Waals surface area contributed by atoms with Crippen LogP contribution >= 0.6 is 0 Å². The standard InChI is InChI=1S/C29H49NO4/c1-2-3-4-5-6-7-8-9-10-11-12-16-24(17-15-20-30-18-13-14-19-30)27(32)23-26-28(33)21-25(31)22-29(26)34/h21-22,24,31,33-34H,2-20,23H2,1H3. The number of rotatable bonds is 19. The van der Waals surface area contributed by atoms with E-state index in [4.69, 9.17) is 0 Å². The number of nitrogens with zero attached hydrogens (tertiary/aromatic N) is 1. The highest BCUT2D eigenvalue weighted by molar-refractivity contribution is 5.84. The Bertz CT molecular complexity index is 676. The molecule has 0 aromatic heterocycles. The molecular weight excluding hydrogens is 426 g/mol. The summed E-state index contributed by atoms with van der Waals surface area (Å²) in [4.78, 5) is 15.6. The Morgan fingerprint density at radius 3 is 1.85 bits per heavy atom.